The van der Waals surface area contributed by atoms with Crippen molar-refractivity contribution in [2.45, 2.75) is 26.6 Å². The number of amides is 2. The van der Waals surface area contributed by atoms with E-state index in [2.05, 4.69) is 0 Å². The Morgan fingerprint density at radius 2 is 1.64 bits per heavy atom. The van der Waals surface area contributed by atoms with Crippen molar-refractivity contribution in [1.82, 2.24) is 9.80 Å². The number of halogens is 1. The summed E-state index contributed by atoms with van der Waals surface area (Å²) in [5, 5.41) is 0. The van der Waals surface area contributed by atoms with Gasteiger partial charge in [-0.2, -0.15) is 0 Å². The fourth-order valence-electron chi connectivity index (χ4n) is 3.98. The molecule has 0 spiro atoms. The zero-order valence-corrected chi connectivity index (χ0v) is 20.4. The molecule has 36 heavy (non-hydrogen) atoms. The van der Waals surface area contributed by atoms with E-state index in [1.165, 1.54) is 19.1 Å². The van der Waals surface area contributed by atoms with Crippen LogP contribution in [-0.4, -0.2) is 48.5 Å². The van der Waals surface area contributed by atoms with Gasteiger partial charge in [0.25, 0.3) is 5.91 Å². The predicted octanol–water partition coefficient (Wildman–Crippen LogP) is 4.18. The summed E-state index contributed by atoms with van der Waals surface area (Å²) in [6.07, 6.45) is 0. The van der Waals surface area contributed by atoms with Gasteiger partial charge >= 0.3 is 0 Å². The second kappa shape index (κ2) is 11.6. The van der Waals surface area contributed by atoms with Crippen molar-refractivity contribution in [3.05, 3.63) is 89.2 Å². The number of carbonyl (C=O) groups excluding carboxylic acids is 2. The summed E-state index contributed by atoms with van der Waals surface area (Å²) in [6.45, 7) is 3.39. The second-order valence-corrected chi connectivity index (χ2v) is 8.57. The molecular formula is C28H29FN2O5. The maximum Gasteiger partial charge on any atom is 0.260 e. The van der Waals surface area contributed by atoms with Crippen molar-refractivity contribution in [2.75, 3.05) is 26.9 Å². The predicted molar refractivity (Wildman–Crippen MR) is 132 cm³/mol. The summed E-state index contributed by atoms with van der Waals surface area (Å²) in [6, 6.07) is 18.9. The zero-order chi connectivity index (χ0) is 25.5. The molecule has 0 N–H and O–H groups in total. The Kier molecular flexibility index (Phi) is 8.05. The molecule has 0 radical (unpaired) electrons. The minimum Gasteiger partial charge on any atom is -0.497 e. The third-order valence-electron chi connectivity index (χ3n) is 5.98. The first kappa shape index (κ1) is 25.0. The Bertz CT molecular complexity index is 1200. The maximum absolute atomic E-state index is 13.2. The van der Waals surface area contributed by atoms with Gasteiger partial charge in [-0.15, -0.1) is 0 Å². The van der Waals surface area contributed by atoms with Crippen LogP contribution in [0.25, 0.3) is 0 Å². The monoisotopic (exact) mass is 492 g/mol. The number of nitrogens with zero attached hydrogens (tertiary/aromatic N) is 2. The van der Waals surface area contributed by atoms with E-state index in [1.807, 2.05) is 18.2 Å². The van der Waals surface area contributed by atoms with Crippen LogP contribution in [-0.2, 0) is 29.2 Å². The topological polar surface area (TPSA) is 68.3 Å². The van der Waals surface area contributed by atoms with Crippen molar-refractivity contribution in [2.24, 2.45) is 0 Å². The summed E-state index contributed by atoms with van der Waals surface area (Å²) in [5.74, 6) is 1.48. The molecule has 1 aliphatic rings. The highest BCUT2D eigenvalue weighted by atomic mass is 19.1. The molecule has 3 aromatic rings. The van der Waals surface area contributed by atoms with E-state index in [0.717, 1.165) is 22.4 Å². The molecule has 8 heteroatoms. The number of methoxy groups -OCH3 is 1. The van der Waals surface area contributed by atoms with Gasteiger partial charge < -0.3 is 24.0 Å². The molecule has 0 aromatic heterocycles. The number of fused-ring (bicyclic) bond motifs is 1. The lowest BCUT2D eigenvalue weighted by molar-refractivity contribution is -0.134. The van der Waals surface area contributed by atoms with E-state index < -0.39 is 0 Å². The lowest BCUT2D eigenvalue weighted by atomic mass is 10.1. The van der Waals surface area contributed by atoms with Crippen LogP contribution >= 0.6 is 0 Å². The van der Waals surface area contributed by atoms with Crippen molar-refractivity contribution < 1.29 is 28.2 Å². The van der Waals surface area contributed by atoms with Crippen LogP contribution in [0.3, 0.4) is 0 Å². The van der Waals surface area contributed by atoms with Crippen LogP contribution in [0.1, 0.15) is 23.6 Å². The summed E-state index contributed by atoms with van der Waals surface area (Å²) in [4.78, 5) is 28.6. The smallest absolute Gasteiger partial charge is 0.260 e. The Balaban J connectivity index is 1.41. The Hall–Kier alpha value is -4.07. The Morgan fingerprint density at radius 3 is 2.33 bits per heavy atom. The largest absolute Gasteiger partial charge is 0.497 e. The van der Waals surface area contributed by atoms with Gasteiger partial charge in [0, 0.05) is 32.1 Å². The van der Waals surface area contributed by atoms with E-state index in [1.54, 1.807) is 53.3 Å². The highest BCUT2D eigenvalue weighted by Crippen LogP contribution is 2.26. The van der Waals surface area contributed by atoms with E-state index in [9.17, 15) is 14.0 Å². The number of hydrogen-bond acceptors (Lipinski definition) is 5. The molecule has 0 atom stereocenters. The number of hydrogen-bond donors (Lipinski definition) is 0. The third kappa shape index (κ3) is 6.53. The van der Waals surface area contributed by atoms with Crippen LogP contribution in [0.2, 0.25) is 0 Å². The Labute approximate surface area is 210 Å². The first-order valence-corrected chi connectivity index (χ1v) is 11.7. The van der Waals surface area contributed by atoms with Gasteiger partial charge in [0.15, 0.2) is 6.61 Å². The molecule has 1 aliphatic heterocycles. The number of ether oxygens (including phenoxy) is 3. The van der Waals surface area contributed by atoms with Gasteiger partial charge in [-0.3, -0.25) is 9.59 Å². The van der Waals surface area contributed by atoms with Gasteiger partial charge in [-0.25, -0.2) is 4.39 Å². The normalized spacial score (nSPS) is 12.7. The molecule has 0 bridgehead atoms. The molecular weight excluding hydrogens is 463 g/mol. The van der Waals surface area contributed by atoms with Gasteiger partial charge in [-0.05, 0) is 59.7 Å². The quantitative estimate of drug-likeness (QED) is 0.472. The van der Waals surface area contributed by atoms with Crippen LogP contribution in [0.15, 0.2) is 66.7 Å². The van der Waals surface area contributed by atoms with E-state index in [0.29, 0.717) is 44.3 Å². The number of carbonyl (C=O) groups is 2. The third-order valence-corrected chi connectivity index (χ3v) is 5.98. The van der Waals surface area contributed by atoms with E-state index >= 15 is 0 Å². The molecule has 0 unspecified atom stereocenters. The van der Waals surface area contributed by atoms with Crippen LogP contribution in [0.4, 0.5) is 4.39 Å². The van der Waals surface area contributed by atoms with Gasteiger partial charge in [0.1, 0.15) is 29.7 Å². The molecule has 0 saturated carbocycles. The van der Waals surface area contributed by atoms with Gasteiger partial charge in [0.05, 0.1) is 13.7 Å². The lowest BCUT2D eigenvalue weighted by Gasteiger charge is -2.23. The zero-order valence-electron chi connectivity index (χ0n) is 20.4. The fraction of sp³-hybridized carbons (Fsp3) is 0.286. The molecule has 1 heterocycles. The van der Waals surface area contributed by atoms with Crippen LogP contribution < -0.4 is 14.2 Å². The van der Waals surface area contributed by atoms with Gasteiger partial charge in [-0.1, -0.05) is 18.2 Å². The van der Waals surface area contributed by atoms with Crippen molar-refractivity contribution in [3.63, 3.8) is 0 Å². The summed E-state index contributed by atoms with van der Waals surface area (Å²) in [7, 11) is 1.59. The molecule has 0 fully saturated rings. The molecule has 4 rings (SSSR count). The highest BCUT2D eigenvalue weighted by Gasteiger charge is 2.21. The van der Waals surface area contributed by atoms with Gasteiger partial charge in [0.2, 0.25) is 5.91 Å². The molecule has 7 nitrogen and oxygen atoms in total. The molecule has 0 saturated heterocycles. The van der Waals surface area contributed by atoms with E-state index in [4.69, 9.17) is 14.2 Å². The van der Waals surface area contributed by atoms with Crippen molar-refractivity contribution in [1.29, 1.82) is 0 Å². The average molecular weight is 493 g/mol. The minimum absolute atomic E-state index is 0.0852. The minimum atomic E-state index is -0.313. The van der Waals surface area contributed by atoms with Crippen LogP contribution in [0, 0.1) is 5.82 Å². The SMILES string of the molecule is COc1ccc(OCC(=O)N2CCOc3ccc(CN(Cc4ccc(F)cc4)C(C)=O)cc3C2)cc1. The Morgan fingerprint density at radius 1 is 0.972 bits per heavy atom. The molecule has 3 aromatic carbocycles. The summed E-state index contributed by atoms with van der Waals surface area (Å²) >= 11 is 0. The fourth-order valence-corrected chi connectivity index (χ4v) is 3.98. The van der Waals surface area contributed by atoms with Crippen molar-refractivity contribution in [3.8, 4) is 17.2 Å². The number of rotatable bonds is 8. The average Bonchev–Trinajstić information content (AvgIpc) is 3.10. The lowest BCUT2D eigenvalue weighted by Crippen LogP contribution is -2.36. The first-order valence-electron chi connectivity index (χ1n) is 11.7. The molecule has 0 aliphatic carbocycles. The van der Waals surface area contributed by atoms with Crippen molar-refractivity contribution >= 4 is 11.8 Å². The van der Waals surface area contributed by atoms with E-state index in [-0.39, 0.29) is 24.2 Å². The number of benzene rings is 3. The highest BCUT2D eigenvalue weighted by molar-refractivity contribution is 5.78. The standard InChI is InChI=1S/C28H29FN2O5/c1-20(32)31(16-21-3-6-24(29)7-4-21)17-22-5-12-27-23(15-22)18-30(13-14-35-27)28(33)19-36-26-10-8-25(34-2)9-11-26/h3-12,15H,13-14,16-19H2,1-2H3. The first-order chi connectivity index (χ1) is 17.4. The van der Waals surface area contributed by atoms with Crippen LogP contribution in [0.5, 0.6) is 17.2 Å². The maximum atomic E-state index is 13.2. The second-order valence-electron chi connectivity index (χ2n) is 8.57. The molecule has 188 valence electrons. The summed E-state index contributed by atoms with van der Waals surface area (Å²) in [5.41, 5.74) is 2.63. The molecule has 2 amide bonds. The summed E-state index contributed by atoms with van der Waals surface area (Å²) < 4.78 is 29.9.